The molecule has 6 nitrogen and oxygen atoms in total. The quantitative estimate of drug-likeness (QED) is 0.678. The van der Waals surface area contributed by atoms with Gasteiger partial charge in [-0.2, -0.15) is 0 Å². The molecule has 6 heteroatoms. The highest BCUT2D eigenvalue weighted by Gasteiger charge is 2.40. The molecule has 1 aliphatic rings. The molecule has 120 valence electrons. The van der Waals surface area contributed by atoms with Gasteiger partial charge in [-0.05, 0) is 12.8 Å². The third kappa shape index (κ3) is 4.52. The molecule has 2 amide bonds. The van der Waals surface area contributed by atoms with Crippen molar-refractivity contribution in [1.29, 1.82) is 0 Å². The van der Waals surface area contributed by atoms with E-state index in [1.165, 1.54) is 0 Å². The molecule has 0 saturated heterocycles. The van der Waals surface area contributed by atoms with Crippen molar-refractivity contribution < 1.29 is 14.4 Å². The minimum absolute atomic E-state index is 0.0360. The van der Waals surface area contributed by atoms with E-state index in [-0.39, 0.29) is 30.1 Å². The van der Waals surface area contributed by atoms with E-state index in [0.717, 1.165) is 19.3 Å². The second kappa shape index (κ2) is 7.02. The Bertz CT molecular complexity index is 415. The lowest BCUT2D eigenvalue weighted by atomic mass is 9.70. The molecule has 0 bridgehead atoms. The molecule has 21 heavy (non-hydrogen) atoms. The molecular formula is C15H27N3O3. The Kier molecular flexibility index (Phi) is 5.89. The van der Waals surface area contributed by atoms with Gasteiger partial charge in [-0.15, -0.1) is 0 Å². The van der Waals surface area contributed by atoms with Crippen molar-refractivity contribution in [2.45, 2.75) is 52.5 Å². The Labute approximate surface area is 126 Å². The topological polar surface area (TPSA) is 115 Å². The molecule has 3 atom stereocenters. The summed E-state index contributed by atoms with van der Waals surface area (Å²) in [6.45, 7) is 5.56. The zero-order valence-electron chi connectivity index (χ0n) is 13.1. The SMILES string of the molecule is CC(C)(C)C(=O)[C@@H]1CCCC[C@@H]1C(=O)N[C@H](CN)C(N)=O. The fourth-order valence-electron chi connectivity index (χ4n) is 2.84. The summed E-state index contributed by atoms with van der Waals surface area (Å²) < 4.78 is 0. The maximum atomic E-state index is 12.5. The second-order valence-corrected chi connectivity index (χ2v) is 6.81. The van der Waals surface area contributed by atoms with Crippen LogP contribution < -0.4 is 16.8 Å². The summed E-state index contributed by atoms with van der Waals surface area (Å²) in [4.78, 5) is 36.1. The predicted octanol–water partition coefficient (Wildman–Crippen LogP) is 0.337. The van der Waals surface area contributed by atoms with Crippen LogP contribution in [-0.4, -0.2) is 30.2 Å². The average Bonchev–Trinajstić information content (AvgIpc) is 2.42. The summed E-state index contributed by atoms with van der Waals surface area (Å²) in [5.74, 6) is -1.51. The molecule has 0 aromatic rings. The number of Topliss-reactive ketones (excluding diaryl/α,β-unsaturated/α-hetero) is 1. The van der Waals surface area contributed by atoms with Crippen molar-refractivity contribution >= 4 is 17.6 Å². The first-order valence-corrected chi connectivity index (χ1v) is 7.52. The Hall–Kier alpha value is -1.43. The van der Waals surface area contributed by atoms with Crippen LogP contribution in [0.3, 0.4) is 0 Å². The van der Waals surface area contributed by atoms with Gasteiger partial charge in [0.1, 0.15) is 11.8 Å². The van der Waals surface area contributed by atoms with Crippen molar-refractivity contribution in [3.63, 3.8) is 0 Å². The Balaban J connectivity index is 2.84. The van der Waals surface area contributed by atoms with E-state index in [4.69, 9.17) is 11.5 Å². The van der Waals surface area contributed by atoms with Crippen molar-refractivity contribution in [3.05, 3.63) is 0 Å². The van der Waals surface area contributed by atoms with Crippen molar-refractivity contribution in [3.8, 4) is 0 Å². The standard InChI is InChI=1S/C15H27N3O3/c1-15(2,3)12(19)9-6-4-5-7-10(9)14(21)18-11(8-16)13(17)20/h9-11H,4-8,16H2,1-3H3,(H2,17,20)(H,18,21)/t9-,10+,11-/m1/s1. The number of nitrogens with one attached hydrogen (secondary N) is 1. The molecule has 0 aromatic carbocycles. The third-order valence-corrected chi connectivity index (χ3v) is 4.07. The first-order chi connectivity index (χ1) is 9.68. The zero-order valence-corrected chi connectivity index (χ0v) is 13.1. The highest BCUT2D eigenvalue weighted by Crippen LogP contribution is 2.35. The van der Waals surface area contributed by atoms with Gasteiger partial charge < -0.3 is 16.8 Å². The van der Waals surface area contributed by atoms with Gasteiger partial charge in [0.05, 0.1) is 0 Å². The first kappa shape index (κ1) is 17.6. The molecular weight excluding hydrogens is 270 g/mol. The number of hydrogen-bond acceptors (Lipinski definition) is 4. The van der Waals surface area contributed by atoms with Crippen LogP contribution in [0.2, 0.25) is 0 Å². The van der Waals surface area contributed by atoms with Gasteiger partial charge in [0, 0.05) is 23.8 Å². The molecule has 5 N–H and O–H groups in total. The molecule has 1 fully saturated rings. The van der Waals surface area contributed by atoms with Crippen molar-refractivity contribution in [1.82, 2.24) is 5.32 Å². The van der Waals surface area contributed by atoms with E-state index >= 15 is 0 Å². The molecule has 1 aliphatic carbocycles. The maximum Gasteiger partial charge on any atom is 0.241 e. The summed E-state index contributed by atoms with van der Waals surface area (Å²) in [5.41, 5.74) is 10.1. The molecule has 1 saturated carbocycles. The fourth-order valence-corrected chi connectivity index (χ4v) is 2.84. The molecule has 0 aliphatic heterocycles. The summed E-state index contributed by atoms with van der Waals surface area (Å²) in [5, 5.41) is 2.58. The number of rotatable bonds is 5. The lowest BCUT2D eigenvalue weighted by Crippen LogP contribution is -2.52. The number of ketones is 1. The number of amides is 2. The van der Waals surface area contributed by atoms with Crippen LogP contribution in [0.25, 0.3) is 0 Å². The van der Waals surface area contributed by atoms with Crippen LogP contribution in [0.1, 0.15) is 46.5 Å². The monoisotopic (exact) mass is 297 g/mol. The zero-order chi connectivity index (χ0) is 16.2. The van der Waals surface area contributed by atoms with Crippen LogP contribution >= 0.6 is 0 Å². The van der Waals surface area contributed by atoms with E-state index < -0.39 is 17.4 Å². The minimum Gasteiger partial charge on any atom is -0.368 e. The summed E-state index contributed by atoms with van der Waals surface area (Å²) >= 11 is 0. The molecule has 0 aromatic heterocycles. The first-order valence-electron chi connectivity index (χ1n) is 7.52. The number of carbonyl (C=O) groups is 3. The van der Waals surface area contributed by atoms with Gasteiger partial charge in [0.15, 0.2) is 0 Å². The molecule has 0 radical (unpaired) electrons. The predicted molar refractivity (Wildman–Crippen MR) is 80.1 cm³/mol. The van der Waals surface area contributed by atoms with Gasteiger partial charge in [0.25, 0.3) is 0 Å². The Morgan fingerprint density at radius 1 is 1.14 bits per heavy atom. The number of nitrogens with two attached hydrogens (primary N) is 2. The Morgan fingerprint density at radius 2 is 1.67 bits per heavy atom. The minimum atomic E-state index is -0.871. The molecule has 0 heterocycles. The lowest BCUT2D eigenvalue weighted by Gasteiger charge is -2.34. The normalized spacial score (nSPS) is 24.2. The molecule has 1 rings (SSSR count). The second-order valence-electron chi connectivity index (χ2n) is 6.81. The highest BCUT2D eigenvalue weighted by atomic mass is 16.2. The summed E-state index contributed by atoms with van der Waals surface area (Å²) in [6.07, 6.45) is 3.24. The van der Waals surface area contributed by atoms with E-state index in [9.17, 15) is 14.4 Å². The van der Waals surface area contributed by atoms with E-state index in [2.05, 4.69) is 5.32 Å². The van der Waals surface area contributed by atoms with Gasteiger partial charge in [-0.3, -0.25) is 14.4 Å². The van der Waals surface area contributed by atoms with Gasteiger partial charge in [-0.25, -0.2) is 0 Å². The van der Waals surface area contributed by atoms with Crippen molar-refractivity contribution in [2.24, 2.45) is 28.7 Å². The maximum absolute atomic E-state index is 12.5. The van der Waals surface area contributed by atoms with Gasteiger partial charge in [-0.1, -0.05) is 33.6 Å². The van der Waals surface area contributed by atoms with Crippen LogP contribution in [0.5, 0.6) is 0 Å². The number of hydrogen-bond donors (Lipinski definition) is 3. The molecule has 0 spiro atoms. The number of primary amides is 1. The average molecular weight is 297 g/mol. The van der Waals surface area contributed by atoms with E-state index in [1.54, 1.807) is 0 Å². The van der Waals surface area contributed by atoms with E-state index in [1.807, 2.05) is 20.8 Å². The van der Waals surface area contributed by atoms with E-state index in [0.29, 0.717) is 6.42 Å². The Morgan fingerprint density at radius 3 is 2.10 bits per heavy atom. The van der Waals surface area contributed by atoms with Gasteiger partial charge in [0.2, 0.25) is 11.8 Å². The largest absolute Gasteiger partial charge is 0.368 e. The molecule has 0 unspecified atom stereocenters. The number of carbonyl (C=O) groups excluding carboxylic acids is 3. The summed E-state index contributed by atoms with van der Waals surface area (Å²) in [6, 6.07) is -0.871. The van der Waals surface area contributed by atoms with Crippen LogP contribution in [0, 0.1) is 17.3 Å². The van der Waals surface area contributed by atoms with Crippen LogP contribution in [-0.2, 0) is 14.4 Å². The smallest absolute Gasteiger partial charge is 0.241 e. The third-order valence-electron chi connectivity index (χ3n) is 4.07. The highest BCUT2D eigenvalue weighted by molar-refractivity contribution is 5.93. The summed E-state index contributed by atoms with van der Waals surface area (Å²) in [7, 11) is 0. The van der Waals surface area contributed by atoms with Crippen LogP contribution in [0.15, 0.2) is 0 Å². The van der Waals surface area contributed by atoms with Crippen LogP contribution in [0.4, 0.5) is 0 Å². The van der Waals surface area contributed by atoms with Gasteiger partial charge >= 0.3 is 0 Å². The van der Waals surface area contributed by atoms with Crippen molar-refractivity contribution in [2.75, 3.05) is 6.54 Å². The fraction of sp³-hybridized carbons (Fsp3) is 0.800. The lowest BCUT2D eigenvalue weighted by molar-refractivity contribution is -0.140.